The Bertz CT molecular complexity index is 1320. The van der Waals surface area contributed by atoms with Crippen molar-refractivity contribution in [3.05, 3.63) is 102 Å². The highest BCUT2D eigenvalue weighted by Gasteiger charge is 2.28. The van der Waals surface area contributed by atoms with Gasteiger partial charge in [0.1, 0.15) is 11.6 Å². The molecular formula is C28H29N5O2. The SMILES string of the molecule is Cc1cc(Oc2ccccc2C)nc(C2CCCN(C(=O)c3cccc(Cn4ccnc4)c3)C2)n1. The lowest BCUT2D eigenvalue weighted by atomic mass is 9.96. The lowest BCUT2D eigenvalue weighted by Crippen LogP contribution is -2.39. The van der Waals surface area contributed by atoms with Gasteiger partial charge in [0.2, 0.25) is 5.88 Å². The highest BCUT2D eigenvalue weighted by atomic mass is 16.5. The number of benzene rings is 2. The zero-order valence-corrected chi connectivity index (χ0v) is 20.1. The summed E-state index contributed by atoms with van der Waals surface area (Å²) in [6.45, 7) is 5.98. The van der Waals surface area contributed by atoms with Crippen molar-refractivity contribution >= 4 is 5.91 Å². The van der Waals surface area contributed by atoms with Gasteiger partial charge in [0.15, 0.2) is 0 Å². The molecule has 0 aliphatic carbocycles. The summed E-state index contributed by atoms with van der Waals surface area (Å²) in [4.78, 5) is 28.8. The van der Waals surface area contributed by atoms with Crippen LogP contribution in [-0.4, -0.2) is 43.4 Å². The number of carbonyl (C=O) groups is 1. The number of imidazole rings is 1. The number of ether oxygens (including phenoxy) is 1. The second-order valence-electron chi connectivity index (χ2n) is 9.10. The smallest absolute Gasteiger partial charge is 0.253 e. The molecule has 1 unspecified atom stereocenters. The first-order valence-corrected chi connectivity index (χ1v) is 12.0. The van der Waals surface area contributed by atoms with E-state index in [1.54, 1.807) is 12.5 Å². The summed E-state index contributed by atoms with van der Waals surface area (Å²) in [5, 5.41) is 0. The average molecular weight is 468 g/mol. The summed E-state index contributed by atoms with van der Waals surface area (Å²) < 4.78 is 8.08. The number of aromatic nitrogens is 4. The van der Waals surface area contributed by atoms with E-state index in [2.05, 4.69) is 4.98 Å². The van der Waals surface area contributed by atoms with Gasteiger partial charge < -0.3 is 14.2 Å². The van der Waals surface area contributed by atoms with Gasteiger partial charge in [0.05, 0.1) is 6.33 Å². The van der Waals surface area contributed by atoms with E-state index in [4.69, 9.17) is 14.7 Å². The maximum absolute atomic E-state index is 13.4. The standard InChI is InChI=1S/C28H29N5O2/c1-20-7-3-4-11-25(20)35-26-15-21(2)30-27(31-26)24-10-6-13-33(18-24)28(34)23-9-5-8-22(16-23)17-32-14-12-29-19-32/h3-5,7-9,11-12,14-16,19,24H,6,10,13,17-18H2,1-2H3. The van der Waals surface area contributed by atoms with Crippen LogP contribution in [0, 0.1) is 13.8 Å². The molecule has 1 aliphatic heterocycles. The van der Waals surface area contributed by atoms with Crippen LogP contribution in [-0.2, 0) is 6.54 Å². The summed E-state index contributed by atoms with van der Waals surface area (Å²) in [5.41, 5.74) is 3.68. The number of piperidine rings is 1. The Hall–Kier alpha value is -4.00. The van der Waals surface area contributed by atoms with Crippen LogP contribution in [0.5, 0.6) is 11.6 Å². The van der Waals surface area contributed by atoms with Gasteiger partial charge in [-0.15, -0.1) is 0 Å². The van der Waals surface area contributed by atoms with Crippen LogP contribution in [0.4, 0.5) is 0 Å². The van der Waals surface area contributed by atoms with Gasteiger partial charge in [0, 0.05) is 55.3 Å². The monoisotopic (exact) mass is 467 g/mol. The summed E-state index contributed by atoms with van der Waals surface area (Å²) >= 11 is 0. The van der Waals surface area contributed by atoms with Crippen molar-refractivity contribution in [1.29, 1.82) is 0 Å². The molecule has 0 radical (unpaired) electrons. The minimum absolute atomic E-state index is 0.0474. The summed E-state index contributed by atoms with van der Waals surface area (Å²) in [6.07, 6.45) is 7.31. The number of hydrogen-bond donors (Lipinski definition) is 0. The van der Waals surface area contributed by atoms with E-state index < -0.39 is 0 Å². The quantitative estimate of drug-likeness (QED) is 0.392. The molecule has 2 aromatic carbocycles. The van der Waals surface area contributed by atoms with E-state index in [-0.39, 0.29) is 11.8 Å². The third-order valence-corrected chi connectivity index (χ3v) is 6.33. The molecule has 1 fully saturated rings. The average Bonchev–Trinajstić information content (AvgIpc) is 3.38. The molecule has 1 saturated heterocycles. The minimum atomic E-state index is 0.0474. The van der Waals surface area contributed by atoms with Gasteiger partial charge in [-0.1, -0.05) is 30.3 Å². The number of aryl methyl sites for hydroxylation is 2. The maximum Gasteiger partial charge on any atom is 0.253 e. The number of likely N-dealkylation sites (tertiary alicyclic amines) is 1. The molecule has 35 heavy (non-hydrogen) atoms. The van der Waals surface area contributed by atoms with Crippen molar-refractivity contribution in [3.63, 3.8) is 0 Å². The van der Waals surface area contributed by atoms with Crippen molar-refractivity contribution in [2.75, 3.05) is 13.1 Å². The molecule has 7 heteroatoms. The first-order valence-electron chi connectivity index (χ1n) is 12.0. The van der Waals surface area contributed by atoms with Crippen molar-refractivity contribution in [3.8, 4) is 11.6 Å². The maximum atomic E-state index is 13.4. The molecule has 4 aromatic rings. The van der Waals surface area contributed by atoms with Gasteiger partial charge >= 0.3 is 0 Å². The molecule has 178 valence electrons. The van der Waals surface area contributed by atoms with E-state index in [0.29, 0.717) is 24.5 Å². The summed E-state index contributed by atoms with van der Waals surface area (Å²) in [5.74, 6) is 2.18. The van der Waals surface area contributed by atoms with Gasteiger partial charge in [-0.2, -0.15) is 4.98 Å². The van der Waals surface area contributed by atoms with Crippen LogP contribution < -0.4 is 4.74 Å². The van der Waals surface area contributed by atoms with Crippen molar-refractivity contribution in [1.82, 2.24) is 24.4 Å². The summed E-state index contributed by atoms with van der Waals surface area (Å²) in [7, 11) is 0. The molecule has 3 heterocycles. The number of carbonyl (C=O) groups excluding carboxylic acids is 1. The zero-order valence-electron chi connectivity index (χ0n) is 20.1. The van der Waals surface area contributed by atoms with Crippen LogP contribution in [0.25, 0.3) is 0 Å². The van der Waals surface area contributed by atoms with Gasteiger partial charge in [-0.3, -0.25) is 4.79 Å². The van der Waals surface area contributed by atoms with Crippen LogP contribution in [0.3, 0.4) is 0 Å². The van der Waals surface area contributed by atoms with Crippen molar-refractivity contribution < 1.29 is 9.53 Å². The van der Waals surface area contributed by atoms with Crippen LogP contribution in [0.15, 0.2) is 73.3 Å². The van der Waals surface area contributed by atoms with E-state index in [0.717, 1.165) is 47.8 Å². The third-order valence-electron chi connectivity index (χ3n) is 6.33. The highest BCUT2D eigenvalue weighted by Crippen LogP contribution is 2.29. The first kappa shape index (κ1) is 22.8. The summed E-state index contributed by atoms with van der Waals surface area (Å²) in [6, 6.07) is 17.6. The predicted molar refractivity (Wildman–Crippen MR) is 134 cm³/mol. The molecule has 0 N–H and O–H groups in total. The van der Waals surface area contributed by atoms with Crippen molar-refractivity contribution in [2.24, 2.45) is 0 Å². The molecule has 0 spiro atoms. The number of amides is 1. The largest absolute Gasteiger partial charge is 0.439 e. The van der Waals surface area contributed by atoms with Crippen molar-refractivity contribution in [2.45, 2.75) is 39.2 Å². The van der Waals surface area contributed by atoms with E-state index >= 15 is 0 Å². The molecule has 1 amide bonds. The Morgan fingerprint density at radius 1 is 1.09 bits per heavy atom. The molecule has 2 aromatic heterocycles. The molecule has 0 bridgehead atoms. The second-order valence-corrected chi connectivity index (χ2v) is 9.10. The minimum Gasteiger partial charge on any atom is -0.439 e. The van der Waals surface area contributed by atoms with Gasteiger partial charge in [0.25, 0.3) is 5.91 Å². The van der Waals surface area contributed by atoms with E-state index in [1.165, 1.54) is 0 Å². The first-order chi connectivity index (χ1) is 17.0. The van der Waals surface area contributed by atoms with Gasteiger partial charge in [-0.25, -0.2) is 9.97 Å². The van der Waals surface area contributed by atoms with E-state index in [9.17, 15) is 4.79 Å². The highest BCUT2D eigenvalue weighted by molar-refractivity contribution is 5.94. The lowest BCUT2D eigenvalue weighted by Gasteiger charge is -2.32. The Labute approximate surface area is 205 Å². The van der Waals surface area contributed by atoms with E-state index in [1.807, 2.05) is 84.1 Å². The number of hydrogen-bond acceptors (Lipinski definition) is 5. The molecule has 0 saturated carbocycles. The van der Waals surface area contributed by atoms with Crippen LogP contribution in [0.1, 0.15) is 51.8 Å². The van der Waals surface area contributed by atoms with Gasteiger partial charge in [-0.05, 0) is 56.0 Å². The Balaban J connectivity index is 1.31. The fraction of sp³-hybridized carbons (Fsp3) is 0.286. The molecule has 1 aliphatic rings. The lowest BCUT2D eigenvalue weighted by molar-refractivity contribution is 0.0704. The molecular weight excluding hydrogens is 438 g/mol. The Morgan fingerprint density at radius 3 is 2.80 bits per heavy atom. The molecule has 5 rings (SSSR count). The fourth-order valence-corrected chi connectivity index (χ4v) is 4.53. The fourth-order valence-electron chi connectivity index (χ4n) is 4.53. The van der Waals surface area contributed by atoms with Crippen LogP contribution in [0.2, 0.25) is 0 Å². The number of para-hydroxylation sites is 1. The molecule has 1 atom stereocenters. The normalized spacial score (nSPS) is 15.7. The second kappa shape index (κ2) is 10.1. The topological polar surface area (TPSA) is 73.1 Å². The molecule has 7 nitrogen and oxygen atoms in total. The third kappa shape index (κ3) is 5.40. The number of nitrogens with zero attached hydrogens (tertiary/aromatic N) is 5. The number of rotatable bonds is 6. The Kier molecular flexibility index (Phi) is 6.57. The zero-order chi connectivity index (χ0) is 24.2. The predicted octanol–water partition coefficient (Wildman–Crippen LogP) is 5.15. The van der Waals surface area contributed by atoms with Crippen LogP contribution >= 0.6 is 0 Å². The Morgan fingerprint density at radius 2 is 1.97 bits per heavy atom.